The standard InChI is InChI=1S/C21H19FN4O3/c22-17-10-15(4-1-2-8-23-13-27)6-7-18(17)25-21(29)20-11-19-16(5-3-9-24-19)12-26(20)14-28/h1-10,13-14,20H,11-12H2,(H,23,27)(H,25,29)/b4-1-,8-2-. The Hall–Kier alpha value is -3.81. The average Bonchev–Trinajstić information content (AvgIpc) is 2.74. The zero-order valence-electron chi connectivity index (χ0n) is 15.4. The summed E-state index contributed by atoms with van der Waals surface area (Å²) in [6.07, 6.45) is 9.37. The highest BCUT2D eigenvalue weighted by molar-refractivity contribution is 5.96. The number of halogens is 1. The number of pyridine rings is 1. The molecule has 2 aromatic rings. The molecule has 1 aliphatic rings. The number of aromatic nitrogens is 1. The molecule has 1 aromatic heterocycles. The Morgan fingerprint density at radius 3 is 2.86 bits per heavy atom. The van der Waals surface area contributed by atoms with Gasteiger partial charge in [-0.15, -0.1) is 0 Å². The third-order valence-electron chi connectivity index (χ3n) is 4.47. The molecule has 0 radical (unpaired) electrons. The van der Waals surface area contributed by atoms with E-state index < -0.39 is 17.8 Å². The predicted octanol–water partition coefficient (Wildman–Crippen LogP) is 2.02. The van der Waals surface area contributed by atoms with Crippen LogP contribution in [0.25, 0.3) is 6.08 Å². The van der Waals surface area contributed by atoms with E-state index in [0.29, 0.717) is 18.4 Å². The first kappa shape index (κ1) is 19.9. The molecule has 0 fully saturated rings. The number of nitrogens with one attached hydrogen (secondary N) is 2. The first-order valence-corrected chi connectivity index (χ1v) is 8.89. The molecule has 0 spiro atoms. The van der Waals surface area contributed by atoms with E-state index in [2.05, 4.69) is 15.6 Å². The van der Waals surface area contributed by atoms with Gasteiger partial charge in [-0.25, -0.2) is 4.39 Å². The number of hydrogen-bond acceptors (Lipinski definition) is 4. The van der Waals surface area contributed by atoms with Gasteiger partial charge in [0.1, 0.15) is 11.9 Å². The molecule has 29 heavy (non-hydrogen) atoms. The maximum atomic E-state index is 14.4. The number of anilines is 1. The van der Waals surface area contributed by atoms with Gasteiger partial charge in [-0.2, -0.15) is 0 Å². The fraction of sp³-hybridized carbons (Fsp3) is 0.143. The van der Waals surface area contributed by atoms with E-state index >= 15 is 0 Å². The van der Waals surface area contributed by atoms with Crippen molar-refractivity contribution < 1.29 is 18.8 Å². The van der Waals surface area contributed by atoms with E-state index in [1.54, 1.807) is 36.6 Å². The van der Waals surface area contributed by atoms with Crippen LogP contribution in [-0.2, 0) is 27.3 Å². The number of allylic oxidation sites excluding steroid dienone is 2. The SMILES string of the molecule is O=CN/C=C\C=C/c1ccc(NC(=O)C2Cc3ncccc3CN2C=O)c(F)c1. The molecule has 0 saturated carbocycles. The zero-order valence-corrected chi connectivity index (χ0v) is 15.4. The summed E-state index contributed by atoms with van der Waals surface area (Å²) >= 11 is 0. The summed E-state index contributed by atoms with van der Waals surface area (Å²) in [7, 11) is 0. The topological polar surface area (TPSA) is 91.4 Å². The van der Waals surface area contributed by atoms with Gasteiger partial charge in [-0.3, -0.25) is 19.4 Å². The van der Waals surface area contributed by atoms with Crippen LogP contribution in [0, 0.1) is 5.82 Å². The van der Waals surface area contributed by atoms with E-state index in [1.807, 2.05) is 6.07 Å². The molecule has 1 atom stereocenters. The fourth-order valence-corrected chi connectivity index (χ4v) is 3.03. The van der Waals surface area contributed by atoms with Crippen molar-refractivity contribution in [2.75, 3.05) is 5.32 Å². The fourth-order valence-electron chi connectivity index (χ4n) is 3.03. The van der Waals surface area contributed by atoms with Crippen molar-refractivity contribution in [3.63, 3.8) is 0 Å². The number of carbonyl (C=O) groups excluding carboxylic acids is 3. The highest BCUT2D eigenvalue weighted by Crippen LogP contribution is 2.23. The largest absolute Gasteiger partial charge is 0.335 e. The predicted molar refractivity (Wildman–Crippen MR) is 106 cm³/mol. The number of rotatable bonds is 7. The molecule has 2 heterocycles. The molecule has 0 saturated heterocycles. The van der Waals surface area contributed by atoms with Gasteiger partial charge in [0.25, 0.3) is 0 Å². The lowest BCUT2D eigenvalue weighted by Gasteiger charge is -2.32. The summed E-state index contributed by atoms with van der Waals surface area (Å²) < 4.78 is 14.4. The van der Waals surface area contributed by atoms with Crippen LogP contribution in [-0.4, -0.2) is 34.7 Å². The normalized spacial score (nSPS) is 15.9. The minimum atomic E-state index is -0.760. The van der Waals surface area contributed by atoms with Crippen molar-refractivity contribution in [2.24, 2.45) is 0 Å². The number of nitrogens with zero attached hydrogens (tertiary/aromatic N) is 2. The van der Waals surface area contributed by atoms with Crippen LogP contribution >= 0.6 is 0 Å². The minimum Gasteiger partial charge on any atom is -0.335 e. The highest BCUT2D eigenvalue weighted by atomic mass is 19.1. The van der Waals surface area contributed by atoms with Crippen molar-refractivity contribution in [2.45, 2.75) is 19.0 Å². The van der Waals surface area contributed by atoms with Crippen LogP contribution in [0.3, 0.4) is 0 Å². The molecule has 3 amide bonds. The Labute approximate surface area is 166 Å². The van der Waals surface area contributed by atoms with Crippen LogP contribution in [0.1, 0.15) is 16.8 Å². The Bertz CT molecular complexity index is 974. The van der Waals surface area contributed by atoms with Gasteiger partial charge >= 0.3 is 0 Å². The quantitative estimate of drug-likeness (QED) is 0.555. The summed E-state index contributed by atoms with van der Waals surface area (Å²) in [5, 5.41) is 4.91. The number of carbonyl (C=O) groups is 3. The van der Waals surface area contributed by atoms with Gasteiger partial charge in [0.05, 0.1) is 5.69 Å². The second-order valence-corrected chi connectivity index (χ2v) is 6.34. The average molecular weight is 394 g/mol. The van der Waals surface area contributed by atoms with Crippen LogP contribution in [0.15, 0.2) is 54.9 Å². The van der Waals surface area contributed by atoms with Gasteiger partial charge in [0.2, 0.25) is 18.7 Å². The number of fused-ring (bicyclic) bond motifs is 1. The molecule has 0 aliphatic carbocycles. The van der Waals surface area contributed by atoms with Crippen LogP contribution < -0.4 is 10.6 Å². The Kier molecular flexibility index (Phi) is 6.47. The van der Waals surface area contributed by atoms with Crippen molar-refractivity contribution in [1.82, 2.24) is 15.2 Å². The van der Waals surface area contributed by atoms with Crippen molar-refractivity contribution >= 4 is 30.5 Å². The summed E-state index contributed by atoms with van der Waals surface area (Å²) in [6.45, 7) is 0.281. The lowest BCUT2D eigenvalue weighted by atomic mass is 9.98. The summed E-state index contributed by atoms with van der Waals surface area (Å²) in [5.74, 6) is -1.07. The molecule has 1 unspecified atom stereocenters. The number of amides is 3. The van der Waals surface area contributed by atoms with E-state index in [4.69, 9.17) is 0 Å². The third-order valence-corrected chi connectivity index (χ3v) is 4.47. The summed E-state index contributed by atoms with van der Waals surface area (Å²) in [4.78, 5) is 39.9. The molecular weight excluding hydrogens is 375 g/mol. The number of benzene rings is 1. The van der Waals surface area contributed by atoms with Gasteiger partial charge < -0.3 is 15.5 Å². The molecule has 1 aliphatic heterocycles. The maximum absolute atomic E-state index is 14.4. The molecule has 7 nitrogen and oxygen atoms in total. The van der Waals surface area contributed by atoms with Crippen molar-refractivity contribution in [1.29, 1.82) is 0 Å². The zero-order chi connectivity index (χ0) is 20.6. The third kappa shape index (κ3) is 4.92. The molecule has 8 heteroatoms. The Balaban J connectivity index is 1.70. The summed E-state index contributed by atoms with van der Waals surface area (Å²) in [6, 6.07) is 7.27. The molecule has 3 rings (SSSR count). The lowest BCUT2D eigenvalue weighted by molar-refractivity contribution is -0.130. The van der Waals surface area contributed by atoms with Crippen LogP contribution in [0.5, 0.6) is 0 Å². The first-order valence-electron chi connectivity index (χ1n) is 8.89. The second kappa shape index (κ2) is 9.41. The molecule has 1 aromatic carbocycles. The van der Waals surface area contributed by atoms with Gasteiger partial charge in [-0.05, 0) is 35.4 Å². The van der Waals surface area contributed by atoms with E-state index in [1.165, 1.54) is 23.2 Å². The minimum absolute atomic E-state index is 0.0305. The molecule has 148 valence electrons. The smallest absolute Gasteiger partial charge is 0.247 e. The summed E-state index contributed by atoms with van der Waals surface area (Å²) in [5.41, 5.74) is 2.26. The van der Waals surface area contributed by atoms with Gasteiger partial charge in [0.15, 0.2) is 0 Å². The lowest BCUT2D eigenvalue weighted by Crippen LogP contribution is -2.47. The monoisotopic (exact) mass is 394 g/mol. The molecular formula is C21H19FN4O3. The molecule has 2 N–H and O–H groups in total. The molecule has 0 bridgehead atoms. The van der Waals surface area contributed by atoms with Crippen molar-refractivity contribution in [3.8, 4) is 0 Å². The van der Waals surface area contributed by atoms with E-state index in [0.717, 1.165) is 11.3 Å². The van der Waals surface area contributed by atoms with Gasteiger partial charge in [-0.1, -0.05) is 24.3 Å². The Morgan fingerprint density at radius 1 is 1.24 bits per heavy atom. The van der Waals surface area contributed by atoms with Crippen LogP contribution in [0.4, 0.5) is 10.1 Å². The van der Waals surface area contributed by atoms with Gasteiger partial charge in [0, 0.05) is 31.1 Å². The first-order chi connectivity index (χ1) is 14.1. The van der Waals surface area contributed by atoms with Crippen molar-refractivity contribution in [3.05, 3.63) is 77.5 Å². The van der Waals surface area contributed by atoms with E-state index in [9.17, 15) is 18.8 Å². The van der Waals surface area contributed by atoms with Crippen LogP contribution in [0.2, 0.25) is 0 Å². The second-order valence-electron chi connectivity index (χ2n) is 6.34. The highest BCUT2D eigenvalue weighted by Gasteiger charge is 2.31. The van der Waals surface area contributed by atoms with E-state index in [-0.39, 0.29) is 18.7 Å². The maximum Gasteiger partial charge on any atom is 0.247 e. The number of hydrogen-bond donors (Lipinski definition) is 2. The Morgan fingerprint density at radius 2 is 2.10 bits per heavy atom.